The Morgan fingerprint density at radius 3 is 2.48 bits per heavy atom. The number of hydrogen-bond acceptors (Lipinski definition) is 3. The van der Waals surface area contributed by atoms with Crippen molar-refractivity contribution in [2.45, 2.75) is 6.54 Å². The Balaban J connectivity index is 1.73. The van der Waals surface area contributed by atoms with Gasteiger partial charge in [0.05, 0.1) is 17.8 Å². The summed E-state index contributed by atoms with van der Waals surface area (Å²) in [5.74, 6) is -0.0676. The van der Waals surface area contributed by atoms with Crippen LogP contribution in [0.25, 0.3) is 20.5 Å². The highest BCUT2D eigenvalue weighted by Gasteiger charge is 2.19. The number of amides is 1. The Labute approximate surface area is 150 Å². The molecule has 2 heterocycles. The number of fused-ring (bicyclic) bond motifs is 1. The van der Waals surface area contributed by atoms with E-state index in [1.54, 1.807) is 17.5 Å². The van der Waals surface area contributed by atoms with Crippen LogP contribution in [0.4, 0.5) is 0 Å². The first kappa shape index (κ1) is 15.5. The van der Waals surface area contributed by atoms with Crippen molar-refractivity contribution in [3.63, 3.8) is 0 Å². The summed E-state index contributed by atoms with van der Waals surface area (Å²) >= 11 is 1.65. The number of carbonyl (C=O) groups excluding carboxylic acids is 1. The minimum absolute atomic E-state index is 0.0676. The Kier molecular flexibility index (Phi) is 4.27. The second-order valence-electron chi connectivity index (χ2n) is 5.67. The molecule has 1 amide bonds. The van der Waals surface area contributed by atoms with E-state index in [0.29, 0.717) is 6.54 Å². The number of benzene rings is 2. The number of thiophene rings is 1. The SMILES string of the molecule is O=C(NCc1ccccn1)c1c(-c2ccccc2)sc2ccccc12. The van der Waals surface area contributed by atoms with Crippen LogP contribution in [0.2, 0.25) is 0 Å². The number of pyridine rings is 1. The van der Waals surface area contributed by atoms with Gasteiger partial charge in [0.1, 0.15) is 0 Å². The molecule has 122 valence electrons. The summed E-state index contributed by atoms with van der Waals surface area (Å²) in [5, 5.41) is 4.00. The normalized spacial score (nSPS) is 10.7. The molecule has 0 saturated carbocycles. The van der Waals surface area contributed by atoms with Gasteiger partial charge in [-0.05, 0) is 23.8 Å². The molecular formula is C21H16N2OS. The van der Waals surface area contributed by atoms with E-state index in [1.807, 2.05) is 66.7 Å². The Bertz CT molecular complexity index is 1010. The van der Waals surface area contributed by atoms with Crippen LogP contribution >= 0.6 is 11.3 Å². The smallest absolute Gasteiger partial charge is 0.253 e. The van der Waals surface area contributed by atoms with Crippen molar-refractivity contribution in [1.82, 2.24) is 10.3 Å². The summed E-state index contributed by atoms with van der Waals surface area (Å²) in [6.07, 6.45) is 1.73. The third kappa shape index (κ3) is 3.16. The highest BCUT2D eigenvalue weighted by Crippen LogP contribution is 2.38. The van der Waals surface area contributed by atoms with Gasteiger partial charge in [-0.1, -0.05) is 54.6 Å². The van der Waals surface area contributed by atoms with Gasteiger partial charge in [-0.2, -0.15) is 0 Å². The summed E-state index contributed by atoms with van der Waals surface area (Å²) < 4.78 is 1.12. The van der Waals surface area contributed by atoms with E-state index < -0.39 is 0 Å². The van der Waals surface area contributed by atoms with E-state index in [4.69, 9.17) is 0 Å². The van der Waals surface area contributed by atoms with Crippen molar-refractivity contribution < 1.29 is 4.79 Å². The van der Waals surface area contributed by atoms with Gasteiger partial charge in [0, 0.05) is 21.2 Å². The van der Waals surface area contributed by atoms with E-state index in [-0.39, 0.29) is 5.91 Å². The number of nitrogens with one attached hydrogen (secondary N) is 1. The molecule has 0 unspecified atom stereocenters. The van der Waals surface area contributed by atoms with Crippen LogP contribution in [0.5, 0.6) is 0 Å². The Morgan fingerprint density at radius 1 is 0.920 bits per heavy atom. The second kappa shape index (κ2) is 6.87. The highest BCUT2D eigenvalue weighted by molar-refractivity contribution is 7.22. The maximum Gasteiger partial charge on any atom is 0.253 e. The fourth-order valence-electron chi connectivity index (χ4n) is 2.83. The van der Waals surface area contributed by atoms with Crippen LogP contribution in [0.1, 0.15) is 16.1 Å². The number of carbonyl (C=O) groups is 1. The molecule has 4 rings (SSSR count). The molecule has 0 aliphatic heterocycles. The molecule has 0 atom stereocenters. The van der Waals surface area contributed by atoms with Gasteiger partial charge >= 0.3 is 0 Å². The monoisotopic (exact) mass is 344 g/mol. The second-order valence-corrected chi connectivity index (χ2v) is 6.72. The predicted molar refractivity (Wildman–Crippen MR) is 103 cm³/mol. The van der Waals surface area contributed by atoms with Gasteiger partial charge in [-0.25, -0.2) is 0 Å². The van der Waals surface area contributed by atoms with Gasteiger partial charge in [-0.15, -0.1) is 11.3 Å². The molecule has 0 fully saturated rings. The van der Waals surface area contributed by atoms with Crippen LogP contribution < -0.4 is 5.32 Å². The van der Waals surface area contributed by atoms with Crippen LogP contribution in [-0.4, -0.2) is 10.9 Å². The minimum atomic E-state index is -0.0676. The highest BCUT2D eigenvalue weighted by atomic mass is 32.1. The number of rotatable bonds is 4. The Morgan fingerprint density at radius 2 is 1.68 bits per heavy atom. The largest absolute Gasteiger partial charge is 0.346 e. The van der Waals surface area contributed by atoms with Gasteiger partial charge in [0.25, 0.3) is 5.91 Å². The zero-order chi connectivity index (χ0) is 17.1. The van der Waals surface area contributed by atoms with Crippen molar-refractivity contribution in [3.05, 3.63) is 90.3 Å². The number of nitrogens with zero attached hydrogens (tertiary/aromatic N) is 1. The summed E-state index contributed by atoms with van der Waals surface area (Å²) in [5.41, 5.74) is 2.64. The van der Waals surface area contributed by atoms with Crippen molar-refractivity contribution in [2.75, 3.05) is 0 Å². The summed E-state index contributed by atoms with van der Waals surface area (Å²) in [6, 6.07) is 23.8. The molecule has 4 aromatic rings. The van der Waals surface area contributed by atoms with E-state index in [2.05, 4.69) is 16.4 Å². The first-order chi connectivity index (χ1) is 12.3. The van der Waals surface area contributed by atoms with Crippen LogP contribution in [0.3, 0.4) is 0 Å². The van der Waals surface area contributed by atoms with Crippen LogP contribution in [0.15, 0.2) is 79.0 Å². The molecule has 0 bridgehead atoms. The first-order valence-electron chi connectivity index (χ1n) is 8.08. The third-order valence-corrected chi connectivity index (χ3v) is 5.23. The van der Waals surface area contributed by atoms with Crippen LogP contribution in [-0.2, 0) is 6.54 Å². The van der Waals surface area contributed by atoms with E-state index in [0.717, 1.165) is 31.8 Å². The molecule has 25 heavy (non-hydrogen) atoms. The molecular weight excluding hydrogens is 328 g/mol. The van der Waals surface area contributed by atoms with Gasteiger partial charge in [-0.3, -0.25) is 9.78 Å². The van der Waals surface area contributed by atoms with Crippen molar-refractivity contribution in [2.24, 2.45) is 0 Å². The van der Waals surface area contributed by atoms with Crippen LogP contribution in [0, 0.1) is 0 Å². The average Bonchev–Trinajstić information content (AvgIpc) is 3.07. The van der Waals surface area contributed by atoms with Crippen molar-refractivity contribution in [1.29, 1.82) is 0 Å². The van der Waals surface area contributed by atoms with E-state index >= 15 is 0 Å². The number of hydrogen-bond donors (Lipinski definition) is 1. The van der Waals surface area contributed by atoms with E-state index in [1.165, 1.54) is 0 Å². The summed E-state index contributed by atoms with van der Waals surface area (Å²) in [6.45, 7) is 0.415. The topological polar surface area (TPSA) is 42.0 Å². The summed E-state index contributed by atoms with van der Waals surface area (Å²) in [7, 11) is 0. The summed E-state index contributed by atoms with van der Waals surface area (Å²) in [4.78, 5) is 18.2. The minimum Gasteiger partial charge on any atom is -0.346 e. The zero-order valence-corrected chi connectivity index (χ0v) is 14.3. The Hall–Kier alpha value is -2.98. The zero-order valence-electron chi connectivity index (χ0n) is 13.5. The molecule has 0 aliphatic carbocycles. The molecule has 2 aromatic heterocycles. The maximum absolute atomic E-state index is 13.0. The molecule has 0 aliphatic rings. The molecule has 0 radical (unpaired) electrons. The fourth-order valence-corrected chi connectivity index (χ4v) is 4.03. The van der Waals surface area contributed by atoms with Gasteiger partial charge in [0.15, 0.2) is 0 Å². The lowest BCUT2D eigenvalue weighted by Crippen LogP contribution is -2.23. The molecule has 3 nitrogen and oxygen atoms in total. The molecule has 0 saturated heterocycles. The molecule has 0 spiro atoms. The molecule has 4 heteroatoms. The number of aromatic nitrogens is 1. The van der Waals surface area contributed by atoms with Crippen molar-refractivity contribution >= 4 is 27.3 Å². The first-order valence-corrected chi connectivity index (χ1v) is 8.89. The standard InChI is InChI=1S/C21H16N2OS/c24-21(23-14-16-10-6-7-13-22-16)19-17-11-4-5-12-18(17)25-20(19)15-8-2-1-3-9-15/h1-13H,14H2,(H,23,24). The van der Waals surface area contributed by atoms with E-state index in [9.17, 15) is 4.79 Å². The lowest BCUT2D eigenvalue weighted by molar-refractivity contribution is 0.0953. The fraction of sp³-hybridized carbons (Fsp3) is 0.0476. The lowest BCUT2D eigenvalue weighted by Gasteiger charge is -2.07. The predicted octanol–water partition coefficient (Wildman–Crippen LogP) is 4.89. The van der Waals surface area contributed by atoms with Gasteiger partial charge < -0.3 is 5.32 Å². The molecule has 2 aromatic carbocycles. The lowest BCUT2D eigenvalue weighted by atomic mass is 10.1. The van der Waals surface area contributed by atoms with Crippen molar-refractivity contribution in [3.8, 4) is 10.4 Å². The third-order valence-electron chi connectivity index (χ3n) is 4.01. The molecule has 1 N–H and O–H groups in total. The average molecular weight is 344 g/mol. The maximum atomic E-state index is 13.0. The van der Waals surface area contributed by atoms with Gasteiger partial charge in [0.2, 0.25) is 0 Å². The quantitative estimate of drug-likeness (QED) is 0.572.